The molecule has 0 radical (unpaired) electrons. The summed E-state index contributed by atoms with van der Waals surface area (Å²) in [5.74, 6) is 0. The molecule has 2 heterocycles. The number of hydrogen-bond acceptors (Lipinski definition) is 5. The van der Waals surface area contributed by atoms with E-state index in [2.05, 4.69) is 0 Å². The molecule has 1 unspecified atom stereocenters. The number of thiophene rings is 1. The molecule has 1 fully saturated rings. The van der Waals surface area contributed by atoms with E-state index < -0.39 is 10.0 Å². The molecule has 2 N–H and O–H groups in total. The Morgan fingerprint density at radius 2 is 2.35 bits per heavy atom. The third kappa shape index (κ3) is 3.18. The van der Waals surface area contributed by atoms with E-state index in [0.29, 0.717) is 30.5 Å². The smallest absolute Gasteiger partial charge is 0.252 e. The van der Waals surface area contributed by atoms with Gasteiger partial charge in [0.15, 0.2) is 0 Å². The third-order valence-corrected chi connectivity index (χ3v) is 5.69. The van der Waals surface area contributed by atoms with Gasteiger partial charge < -0.3 is 10.5 Å². The van der Waals surface area contributed by atoms with Crippen LogP contribution in [0.5, 0.6) is 0 Å². The second-order valence-electron chi connectivity index (χ2n) is 3.52. The highest BCUT2D eigenvalue weighted by molar-refractivity contribution is 7.91. The van der Waals surface area contributed by atoms with Crippen molar-refractivity contribution in [2.24, 2.45) is 5.73 Å². The number of nitrogens with two attached hydrogens (primary N) is 1. The van der Waals surface area contributed by atoms with E-state index in [-0.39, 0.29) is 18.5 Å². The molecule has 0 aromatic carbocycles. The van der Waals surface area contributed by atoms with Crippen molar-refractivity contribution in [2.45, 2.75) is 10.3 Å². The summed E-state index contributed by atoms with van der Waals surface area (Å²) in [6.07, 6.45) is -0.191. The normalized spacial score (nSPS) is 22.1. The van der Waals surface area contributed by atoms with Gasteiger partial charge in [-0.3, -0.25) is 0 Å². The van der Waals surface area contributed by atoms with Crippen molar-refractivity contribution in [1.29, 1.82) is 0 Å². The zero-order chi connectivity index (χ0) is 11.6. The fraction of sp³-hybridized carbons (Fsp3) is 0.556. The van der Waals surface area contributed by atoms with E-state index in [1.807, 2.05) is 0 Å². The number of hydrogen-bond donors (Lipinski definition) is 1. The fourth-order valence-corrected chi connectivity index (χ4v) is 4.19. The molecule has 0 saturated carbocycles. The molecule has 17 heavy (non-hydrogen) atoms. The van der Waals surface area contributed by atoms with Gasteiger partial charge in [-0.2, -0.15) is 4.31 Å². The van der Waals surface area contributed by atoms with Crippen LogP contribution in [0.2, 0.25) is 0 Å². The van der Waals surface area contributed by atoms with Gasteiger partial charge in [0.25, 0.3) is 10.0 Å². The zero-order valence-corrected chi connectivity index (χ0v) is 11.6. The van der Waals surface area contributed by atoms with Crippen molar-refractivity contribution in [1.82, 2.24) is 4.31 Å². The molecule has 5 nitrogen and oxygen atoms in total. The van der Waals surface area contributed by atoms with Crippen LogP contribution in [0.1, 0.15) is 0 Å². The molecule has 1 atom stereocenters. The Hall–Kier alpha value is -0.180. The van der Waals surface area contributed by atoms with Crippen LogP contribution in [0.25, 0.3) is 0 Å². The molecule has 0 aliphatic carbocycles. The first-order chi connectivity index (χ1) is 7.64. The summed E-state index contributed by atoms with van der Waals surface area (Å²) in [4.78, 5) is 0. The van der Waals surface area contributed by atoms with E-state index in [4.69, 9.17) is 10.5 Å². The highest BCUT2D eigenvalue weighted by atomic mass is 35.5. The van der Waals surface area contributed by atoms with E-state index in [0.717, 1.165) is 0 Å². The second-order valence-corrected chi connectivity index (χ2v) is 6.64. The molecule has 2 rings (SSSR count). The Bertz CT molecular complexity index is 435. The Morgan fingerprint density at radius 1 is 1.59 bits per heavy atom. The maximum atomic E-state index is 12.1. The third-order valence-electron chi connectivity index (χ3n) is 2.45. The fourth-order valence-electron chi connectivity index (χ4n) is 1.59. The van der Waals surface area contributed by atoms with Crippen molar-refractivity contribution in [2.75, 3.05) is 26.2 Å². The zero-order valence-electron chi connectivity index (χ0n) is 9.11. The average Bonchev–Trinajstić information content (AvgIpc) is 2.83. The first-order valence-electron chi connectivity index (χ1n) is 5.00. The lowest BCUT2D eigenvalue weighted by Gasteiger charge is -2.31. The van der Waals surface area contributed by atoms with Crippen LogP contribution in [0, 0.1) is 0 Å². The minimum Gasteiger partial charge on any atom is -0.374 e. The van der Waals surface area contributed by atoms with Gasteiger partial charge in [-0.15, -0.1) is 23.7 Å². The van der Waals surface area contributed by atoms with Gasteiger partial charge >= 0.3 is 0 Å². The van der Waals surface area contributed by atoms with E-state index in [1.54, 1.807) is 17.5 Å². The van der Waals surface area contributed by atoms with Gasteiger partial charge in [-0.1, -0.05) is 6.07 Å². The molecule has 1 aliphatic heterocycles. The first-order valence-corrected chi connectivity index (χ1v) is 7.32. The van der Waals surface area contributed by atoms with Crippen molar-refractivity contribution in [3.05, 3.63) is 17.5 Å². The Labute approximate surface area is 111 Å². The number of morpholine rings is 1. The number of rotatable bonds is 3. The lowest BCUT2D eigenvalue weighted by Crippen LogP contribution is -2.47. The molecular weight excluding hydrogens is 284 g/mol. The number of nitrogens with zero attached hydrogens (tertiary/aromatic N) is 1. The van der Waals surface area contributed by atoms with Crippen molar-refractivity contribution < 1.29 is 13.2 Å². The monoisotopic (exact) mass is 298 g/mol. The number of halogens is 1. The van der Waals surface area contributed by atoms with Gasteiger partial charge in [0.1, 0.15) is 4.21 Å². The maximum absolute atomic E-state index is 12.1. The van der Waals surface area contributed by atoms with Crippen LogP contribution in [-0.2, 0) is 14.8 Å². The van der Waals surface area contributed by atoms with Gasteiger partial charge in [0.2, 0.25) is 0 Å². The summed E-state index contributed by atoms with van der Waals surface area (Å²) in [6, 6.07) is 3.35. The van der Waals surface area contributed by atoms with Gasteiger partial charge in [-0.05, 0) is 11.4 Å². The highest BCUT2D eigenvalue weighted by Crippen LogP contribution is 2.22. The SMILES string of the molecule is Cl.NCC1CN(S(=O)(=O)c2cccs2)CCO1. The molecular formula is C9H15ClN2O3S2. The molecule has 1 aliphatic rings. The molecule has 98 valence electrons. The summed E-state index contributed by atoms with van der Waals surface area (Å²) >= 11 is 1.23. The summed E-state index contributed by atoms with van der Waals surface area (Å²) in [7, 11) is -3.35. The molecule has 0 bridgehead atoms. The largest absolute Gasteiger partial charge is 0.374 e. The summed E-state index contributed by atoms with van der Waals surface area (Å²) in [5.41, 5.74) is 5.48. The predicted molar refractivity (Wildman–Crippen MR) is 69.1 cm³/mol. The second kappa shape index (κ2) is 6.12. The predicted octanol–water partition coefficient (Wildman–Crippen LogP) is 0.518. The average molecular weight is 299 g/mol. The molecule has 1 aromatic heterocycles. The quantitative estimate of drug-likeness (QED) is 0.883. The number of sulfonamides is 1. The van der Waals surface area contributed by atoms with Crippen LogP contribution in [0.4, 0.5) is 0 Å². The van der Waals surface area contributed by atoms with Crippen molar-refractivity contribution in [3.8, 4) is 0 Å². The van der Waals surface area contributed by atoms with E-state index in [1.165, 1.54) is 15.6 Å². The van der Waals surface area contributed by atoms with E-state index >= 15 is 0 Å². The summed E-state index contributed by atoms with van der Waals surface area (Å²) in [5, 5.41) is 1.76. The van der Waals surface area contributed by atoms with Crippen LogP contribution in [0.15, 0.2) is 21.7 Å². The lowest BCUT2D eigenvalue weighted by atomic mass is 10.3. The molecule has 0 spiro atoms. The Balaban J connectivity index is 0.00000144. The van der Waals surface area contributed by atoms with Gasteiger partial charge in [0.05, 0.1) is 12.7 Å². The molecule has 8 heteroatoms. The van der Waals surface area contributed by atoms with Gasteiger partial charge in [0, 0.05) is 19.6 Å². The highest BCUT2D eigenvalue weighted by Gasteiger charge is 2.30. The topological polar surface area (TPSA) is 72.6 Å². The standard InChI is InChI=1S/C9H14N2O3S2.ClH/c10-6-8-7-11(3-4-14-8)16(12,13)9-2-1-5-15-9;/h1-2,5,8H,3-4,6-7,10H2;1H. The van der Waals surface area contributed by atoms with Crippen LogP contribution in [0.3, 0.4) is 0 Å². The maximum Gasteiger partial charge on any atom is 0.252 e. The van der Waals surface area contributed by atoms with Crippen molar-refractivity contribution >= 4 is 33.8 Å². The lowest BCUT2D eigenvalue weighted by molar-refractivity contribution is 0.00456. The Kier molecular flexibility index (Phi) is 5.36. The Morgan fingerprint density at radius 3 is 2.94 bits per heavy atom. The molecule has 0 amide bonds. The first kappa shape index (κ1) is 14.9. The molecule has 1 saturated heterocycles. The van der Waals surface area contributed by atoms with E-state index in [9.17, 15) is 8.42 Å². The summed E-state index contributed by atoms with van der Waals surface area (Å²) in [6.45, 7) is 1.50. The minimum atomic E-state index is -3.35. The minimum absolute atomic E-state index is 0. The van der Waals surface area contributed by atoms with Crippen LogP contribution in [-0.4, -0.2) is 45.1 Å². The van der Waals surface area contributed by atoms with Crippen molar-refractivity contribution in [3.63, 3.8) is 0 Å². The molecule has 1 aromatic rings. The van der Waals surface area contributed by atoms with Gasteiger partial charge in [-0.25, -0.2) is 8.42 Å². The number of ether oxygens (including phenoxy) is 1. The van der Waals surface area contributed by atoms with Crippen LogP contribution >= 0.6 is 23.7 Å². The van der Waals surface area contributed by atoms with Crippen LogP contribution < -0.4 is 5.73 Å². The summed E-state index contributed by atoms with van der Waals surface area (Å²) < 4.78 is 31.5.